The van der Waals surface area contributed by atoms with Crippen LogP contribution in [0.25, 0.3) is 11.3 Å². The first-order valence-corrected chi connectivity index (χ1v) is 4.42. The third-order valence-electron chi connectivity index (χ3n) is 2.63. The van der Waals surface area contributed by atoms with Crippen LogP contribution in [0.1, 0.15) is 17.0 Å². The van der Waals surface area contributed by atoms with E-state index >= 15 is 0 Å². The van der Waals surface area contributed by atoms with E-state index in [4.69, 9.17) is 0 Å². The molecule has 2 N–H and O–H groups in total. The third-order valence-corrected chi connectivity index (χ3v) is 2.63. The van der Waals surface area contributed by atoms with Gasteiger partial charge in [0.1, 0.15) is 0 Å². The second-order valence-corrected chi connectivity index (χ2v) is 3.43. The molecule has 4 nitrogen and oxygen atoms in total. The Kier molecular flexibility index (Phi) is 1.17. The van der Waals surface area contributed by atoms with Gasteiger partial charge in [-0.15, -0.1) is 0 Å². The predicted octanol–water partition coefficient (Wildman–Crippen LogP) is 1.21. The van der Waals surface area contributed by atoms with Crippen LogP contribution >= 0.6 is 0 Å². The highest BCUT2D eigenvalue weighted by Gasteiger charge is 2.21. The lowest BCUT2D eigenvalue weighted by molar-refractivity contribution is 0.881. The van der Waals surface area contributed by atoms with Crippen molar-refractivity contribution in [3.05, 3.63) is 23.1 Å². The van der Waals surface area contributed by atoms with E-state index in [0.717, 1.165) is 24.2 Å². The molecule has 0 fully saturated rings. The molecule has 0 amide bonds. The van der Waals surface area contributed by atoms with Crippen LogP contribution in [0, 0.1) is 6.92 Å². The maximum atomic E-state index is 4.20. The van der Waals surface area contributed by atoms with Crippen molar-refractivity contribution in [2.24, 2.45) is 0 Å². The van der Waals surface area contributed by atoms with Crippen LogP contribution in [0.2, 0.25) is 0 Å². The SMILES string of the molecule is Cc1n[nH]c2c1-c1[nH]ncc1CC2. The molecule has 0 aromatic carbocycles. The molecule has 0 bridgehead atoms. The van der Waals surface area contributed by atoms with Gasteiger partial charge in [-0.05, 0) is 25.3 Å². The van der Waals surface area contributed by atoms with E-state index in [-0.39, 0.29) is 0 Å². The number of hydrogen-bond donors (Lipinski definition) is 2. The summed E-state index contributed by atoms with van der Waals surface area (Å²) < 4.78 is 0. The summed E-state index contributed by atoms with van der Waals surface area (Å²) in [5.74, 6) is 0. The van der Waals surface area contributed by atoms with Crippen molar-refractivity contribution in [1.82, 2.24) is 20.4 Å². The summed E-state index contributed by atoms with van der Waals surface area (Å²) in [6.45, 7) is 2.02. The zero-order chi connectivity index (χ0) is 8.84. The topological polar surface area (TPSA) is 57.4 Å². The van der Waals surface area contributed by atoms with Crippen LogP contribution in [0.5, 0.6) is 0 Å². The average Bonchev–Trinajstić information content (AvgIpc) is 2.70. The Morgan fingerprint density at radius 3 is 3.15 bits per heavy atom. The van der Waals surface area contributed by atoms with Gasteiger partial charge in [-0.25, -0.2) is 0 Å². The fourth-order valence-electron chi connectivity index (χ4n) is 1.97. The molecule has 66 valence electrons. The minimum absolute atomic E-state index is 1.04. The smallest absolute Gasteiger partial charge is 0.0719 e. The lowest BCUT2D eigenvalue weighted by Gasteiger charge is -2.10. The number of nitrogens with zero attached hydrogens (tertiary/aromatic N) is 2. The van der Waals surface area contributed by atoms with Crippen molar-refractivity contribution in [3.63, 3.8) is 0 Å². The van der Waals surface area contributed by atoms with Crippen molar-refractivity contribution >= 4 is 0 Å². The Labute approximate surface area is 75.4 Å². The highest BCUT2D eigenvalue weighted by molar-refractivity contribution is 5.69. The lowest BCUT2D eigenvalue weighted by Crippen LogP contribution is -2.01. The first-order valence-electron chi connectivity index (χ1n) is 4.42. The molecule has 0 radical (unpaired) electrons. The van der Waals surface area contributed by atoms with Gasteiger partial charge in [0.05, 0.1) is 17.6 Å². The van der Waals surface area contributed by atoms with Crippen LogP contribution in [0.15, 0.2) is 6.20 Å². The Morgan fingerprint density at radius 2 is 2.23 bits per heavy atom. The Morgan fingerprint density at radius 1 is 1.31 bits per heavy atom. The zero-order valence-electron chi connectivity index (χ0n) is 7.39. The molecule has 0 aliphatic heterocycles. The van der Waals surface area contributed by atoms with Crippen molar-refractivity contribution in [2.45, 2.75) is 19.8 Å². The minimum Gasteiger partial charge on any atom is -0.282 e. The fourth-order valence-corrected chi connectivity index (χ4v) is 1.97. The molecule has 13 heavy (non-hydrogen) atoms. The molecule has 2 aromatic rings. The highest BCUT2D eigenvalue weighted by atomic mass is 15.1. The van der Waals surface area contributed by atoms with Gasteiger partial charge in [0, 0.05) is 11.3 Å². The largest absolute Gasteiger partial charge is 0.282 e. The second kappa shape index (κ2) is 2.22. The van der Waals surface area contributed by atoms with E-state index in [1.165, 1.54) is 16.8 Å². The molecule has 3 rings (SSSR count). The molecular weight excluding hydrogens is 164 g/mol. The number of H-pyrrole nitrogens is 2. The first-order chi connectivity index (χ1) is 6.36. The van der Waals surface area contributed by atoms with Crippen molar-refractivity contribution in [2.75, 3.05) is 0 Å². The quantitative estimate of drug-likeness (QED) is 0.630. The van der Waals surface area contributed by atoms with Gasteiger partial charge < -0.3 is 0 Å². The van der Waals surface area contributed by atoms with Gasteiger partial charge in [0.25, 0.3) is 0 Å². The van der Waals surface area contributed by atoms with Crippen LogP contribution in [-0.4, -0.2) is 20.4 Å². The molecule has 0 atom stereocenters. The zero-order valence-corrected chi connectivity index (χ0v) is 7.39. The Hall–Kier alpha value is -1.58. The van der Waals surface area contributed by atoms with E-state index < -0.39 is 0 Å². The molecule has 1 aliphatic carbocycles. The molecule has 1 aliphatic rings. The molecule has 0 unspecified atom stereocenters. The van der Waals surface area contributed by atoms with Gasteiger partial charge in [-0.2, -0.15) is 10.2 Å². The summed E-state index contributed by atoms with van der Waals surface area (Å²) in [5, 5.41) is 14.4. The van der Waals surface area contributed by atoms with Gasteiger partial charge in [-0.3, -0.25) is 10.2 Å². The molecule has 2 aromatic heterocycles. The van der Waals surface area contributed by atoms with Gasteiger partial charge >= 0.3 is 0 Å². The monoisotopic (exact) mass is 174 g/mol. The molecule has 0 spiro atoms. The van der Waals surface area contributed by atoms with Crippen molar-refractivity contribution in [1.29, 1.82) is 0 Å². The summed E-state index contributed by atoms with van der Waals surface area (Å²) >= 11 is 0. The lowest BCUT2D eigenvalue weighted by atomic mass is 9.95. The highest BCUT2D eigenvalue weighted by Crippen LogP contribution is 2.32. The van der Waals surface area contributed by atoms with Crippen LogP contribution < -0.4 is 0 Å². The summed E-state index contributed by atoms with van der Waals surface area (Å²) in [6, 6.07) is 0. The second-order valence-electron chi connectivity index (χ2n) is 3.43. The summed E-state index contributed by atoms with van der Waals surface area (Å²) in [6.07, 6.45) is 4.01. The van der Waals surface area contributed by atoms with Crippen LogP contribution in [-0.2, 0) is 12.8 Å². The number of fused-ring (bicyclic) bond motifs is 3. The Bertz CT molecular complexity index is 452. The van der Waals surface area contributed by atoms with E-state index in [9.17, 15) is 0 Å². The molecule has 2 heterocycles. The van der Waals surface area contributed by atoms with E-state index in [1.54, 1.807) is 0 Å². The number of nitrogens with one attached hydrogen (secondary N) is 2. The summed E-state index contributed by atoms with van der Waals surface area (Å²) in [7, 11) is 0. The standard InChI is InChI=1S/C9H10N4/c1-5-8-7(12-11-5)3-2-6-4-10-13-9(6)8/h4H,2-3H2,1H3,(H,10,13)(H,11,12). The molecule has 0 saturated carbocycles. The van der Waals surface area contributed by atoms with Gasteiger partial charge in [0.15, 0.2) is 0 Å². The summed E-state index contributed by atoms with van der Waals surface area (Å²) in [5.41, 5.74) is 5.96. The number of hydrogen-bond acceptors (Lipinski definition) is 2. The number of aromatic nitrogens is 4. The minimum atomic E-state index is 1.04. The maximum absolute atomic E-state index is 4.20. The summed E-state index contributed by atoms with van der Waals surface area (Å²) in [4.78, 5) is 0. The van der Waals surface area contributed by atoms with Crippen LogP contribution in [0.4, 0.5) is 0 Å². The molecule has 0 saturated heterocycles. The fraction of sp³-hybridized carbons (Fsp3) is 0.333. The van der Waals surface area contributed by atoms with Crippen molar-refractivity contribution < 1.29 is 0 Å². The number of rotatable bonds is 0. The van der Waals surface area contributed by atoms with E-state index in [1.807, 2.05) is 13.1 Å². The maximum Gasteiger partial charge on any atom is 0.0719 e. The van der Waals surface area contributed by atoms with Crippen LogP contribution in [0.3, 0.4) is 0 Å². The normalized spacial score (nSPS) is 13.9. The first kappa shape index (κ1) is 6.88. The van der Waals surface area contributed by atoms with Gasteiger partial charge in [0.2, 0.25) is 0 Å². The molecule has 4 heteroatoms. The Balaban J connectivity index is 2.34. The third kappa shape index (κ3) is 0.798. The van der Waals surface area contributed by atoms with E-state index in [0.29, 0.717) is 0 Å². The average molecular weight is 174 g/mol. The predicted molar refractivity (Wildman–Crippen MR) is 48.3 cm³/mol. The number of aryl methyl sites for hydroxylation is 3. The van der Waals surface area contributed by atoms with Gasteiger partial charge in [-0.1, -0.05) is 0 Å². The number of aromatic amines is 2. The van der Waals surface area contributed by atoms with Crippen molar-refractivity contribution in [3.8, 4) is 11.3 Å². The van der Waals surface area contributed by atoms with E-state index in [2.05, 4.69) is 20.4 Å². The molecular formula is C9H10N4.